The highest BCUT2D eigenvalue weighted by Gasteiger charge is 2.36. The second-order valence-electron chi connectivity index (χ2n) is 6.85. The summed E-state index contributed by atoms with van der Waals surface area (Å²) in [4.78, 5) is 14.7. The van der Waals surface area contributed by atoms with Crippen molar-refractivity contribution < 1.29 is 9.53 Å². The summed E-state index contributed by atoms with van der Waals surface area (Å²) in [7, 11) is 1.66. The van der Waals surface area contributed by atoms with Crippen molar-refractivity contribution >= 4 is 5.91 Å². The molecule has 0 aromatic heterocycles. The maximum atomic E-state index is 12.5. The van der Waals surface area contributed by atoms with Gasteiger partial charge in [0.1, 0.15) is 11.3 Å². The molecule has 1 saturated carbocycles. The van der Waals surface area contributed by atoms with E-state index in [1.165, 1.54) is 5.56 Å². The normalized spacial score (nSPS) is 22.9. The van der Waals surface area contributed by atoms with E-state index >= 15 is 0 Å². The van der Waals surface area contributed by atoms with E-state index in [0.29, 0.717) is 6.54 Å². The molecule has 2 fully saturated rings. The number of hydrogen-bond donors (Lipinski definition) is 1. The SMILES string of the molecule is COc1ccc(C2CCCN2CC(=O)NC2(C#N)CCCC2)cc1. The Morgan fingerprint density at radius 2 is 2.04 bits per heavy atom. The van der Waals surface area contributed by atoms with Gasteiger partial charge in [-0.3, -0.25) is 9.69 Å². The summed E-state index contributed by atoms with van der Waals surface area (Å²) >= 11 is 0. The summed E-state index contributed by atoms with van der Waals surface area (Å²) in [6, 6.07) is 10.7. The Morgan fingerprint density at radius 1 is 1.33 bits per heavy atom. The summed E-state index contributed by atoms with van der Waals surface area (Å²) in [5.74, 6) is 0.817. The van der Waals surface area contributed by atoms with Crippen LogP contribution >= 0.6 is 0 Å². The Morgan fingerprint density at radius 3 is 2.67 bits per heavy atom. The minimum atomic E-state index is -0.633. The highest BCUT2D eigenvalue weighted by Crippen LogP contribution is 2.33. The Kier molecular flexibility index (Phi) is 5.06. The van der Waals surface area contributed by atoms with Gasteiger partial charge in [-0.2, -0.15) is 5.26 Å². The summed E-state index contributed by atoms with van der Waals surface area (Å²) in [6.45, 7) is 1.28. The van der Waals surface area contributed by atoms with Crippen LogP contribution in [0.1, 0.15) is 50.1 Å². The number of rotatable bonds is 5. The van der Waals surface area contributed by atoms with E-state index in [4.69, 9.17) is 4.74 Å². The van der Waals surface area contributed by atoms with Gasteiger partial charge in [0.05, 0.1) is 19.7 Å². The van der Waals surface area contributed by atoms with Crippen LogP contribution in [0.5, 0.6) is 5.75 Å². The van der Waals surface area contributed by atoms with E-state index in [1.54, 1.807) is 7.11 Å². The molecule has 1 aliphatic carbocycles. The lowest BCUT2D eigenvalue weighted by Crippen LogP contribution is -2.48. The maximum absolute atomic E-state index is 12.5. The molecule has 1 aromatic carbocycles. The van der Waals surface area contributed by atoms with Gasteiger partial charge in [-0.15, -0.1) is 0 Å². The predicted molar refractivity (Wildman–Crippen MR) is 91.5 cm³/mol. The van der Waals surface area contributed by atoms with Crippen molar-refractivity contribution in [2.75, 3.05) is 20.2 Å². The van der Waals surface area contributed by atoms with Crippen LogP contribution in [0.25, 0.3) is 0 Å². The van der Waals surface area contributed by atoms with Crippen LogP contribution in [-0.2, 0) is 4.79 Å². The number of hydrogen-bond acceptors (Lipinski definition) is 4. The molecule has 0 radical (unpaired) electrons. The summed E-state index contributed by atoms with van der Waals surface area (Å²) in [5, 5.41) is 12.4. The van der Waals surface area contributed by atoms with Crippen molar-refractivity contribution in [3.8, 4) is 11.8 Å². The molecule has 2 aliphatic rings. The van der Waals surface area contributed by atoms with Gasteiger partial charge in [0, 0.05) is 6.04 Å². The second kappa shape index (κ2) is 7.23. The third kappa shape index (κ3) is 3.54. The van der Waals surface area contributed by atoms with E-state index in [-0.39, 0.29) is 11.9 Å². The molecule has 1 aromatic rings. The van der Waals surface area contributed by atoms with Crippen LogP contribution < -0.4 is 10.1 Å². The van der Waals surface area contributed by atoms with Crippen molar-refractivity contribution in [3.63, 3.8) is 0 Å². The smallest absolute Gasteiger partial charge is 0.235 e. The van der Waals surface area contributed by atoms with Gasteiger partial charge in [0.2, 0.25) is 5.91 Å². The summed E-state index contributed by atoms with van der Waals surface area (Å²) in [5.41, 5.74) is 0.587. The molecule has 1 aliphatic heterocycles. The number of likely N-dealkylation sites (tertiary alicyclic amines) is 1. The molecule has 5 nitrogen and oxygen atoms in total. The molecule has 0 spiro atoms. The molecular formula is C19H25N3O2. The fraction of sp³-hybridized carbons (Fsp3) is 0.579. The fourth-order valence-electron chi connectivity index (χ4n) is 3.95. The van der Waals surface area contributed by atoms with Crippen LogP contribution in [0.4, 0.5) is 0 Å². The van der Waals surface area contributed by atoms with Crippen molar-refractivity contribution in [2.24, 2.45) is 0 Å². The Hall–Kier alpha value is -2.06. The highest BCUT2D eigenvalue weighted by molar-refractivity contribution is 5.79. The quantitative estimate of drug-likeness (QED) is 0.903. The van der Waals surface area contributed by atoms with Gasteiger partial charge < -0.3 is 10.1 Å². The standard InChI is InChI=1S/C19H25N3O2/c1-24-16-8-6-15(7-9-16)17-5-4-12-22(17)13-18(23)21-19(14-20)10-2-3-11-19/h6-9,17H,2-5,10-13H2,1H3,(H,21,23). The first kappa shape index (κ1) is 16.8. The number of ether oxygens (including phenoxy) is 1. The van der Waals surface area contributed by atoms with Gasteiger partial charge in [0.15, 0.2) is 0 Å². The molecular weight excluding hydrogens is 302 g/mol. The number of nitrogens with one attached hydrogen (secondary N) is 1. The number of nitrogens with zero attached hydrogens (tertiary/aromatic N) is 2. The Labute approximate surface area is 143 Å². The number of methoxy groups -OCH3 is 1. The number of nitriles is 1. The maximum Gasteiger partial charge on any atom is 0.235 e. The van der Waals surface area contributed by atoms with Gasteiger partial charge in [-0.1, -0.05) is 12.1 Å². The van der Waals surface area contributed by atoms with Crippen LogP contribution in [0, 0.1) is 11.3 Å². The lowest BCUT2D eigenvalue weighted by molar-refractivity contribution is -0.123. The summed E-state index contributed by atoms with van der Waals surface area (Å²) in [6.07, 6.45) is 5.74. The number of amides is 1. The molecule has 1 N–H and O–H groups in total. The topological polar surface area (TPSA) is 65.4 Å². The van der Waals surface area contributed by atoms with E-state index in [9.17, 15) is 10.1 Å². The van der Waals surface area contributed by atoms with Crippen molar-refractivity contribution in [1.29, 1.82) is 5.26 Å². The number of benzene rings is 1. The molecule has 24 heavy (non-hydrogen) atoms. The van der Waals surface area contributed by atoms with E-state index in [0.717, 1.165) is 50.8 Å². The fourth-order valence-corrected chi connectivity index (χ4v) is 3.95. The lowest BCUT2D eigenvalue weighted by atomic mass is 10.00. The minimum absolute atomic E-state index is 0.0288. The summed E-state index contributed by atoms with van der Waals surface area (Å²) < 4.78 is 5.21. The third-order valence-corrected chi connectivity index (χ3v) is 5.26. The van der Waals surface area contributed by atoms with Crippen LogP contribution in [-0.4, -0.2) is 36.5 Å². The van der Waals surface area contributed by atoms with E-state index < -0.39 is 5.54 Å². The van der Waals surface area contributed by atoms with Gasteiger partial charge in [-0.25, -0.2) is 0 Å². The minimum Gasteiger partial charge on any atom is -0.497 e. The molecule has 5 heteroatoms. The molecule has 1 unspecified atom stereocenters. The van der Waals surface area contributed by atoms with Gasteiger partial charge in [0.25, 0.3) is 0 Å². The Bertz CT molecular complexity index is 614. The highest BCUT2D eigenvalue weighted by atomic mass is 16.5. The van der Waals surface area contributed by atoms with Crippen molar-refractivity contribution in [1.82, 2.24) is 10.2 Å². The molecule has 1 atom stereocenters. The number of carbonyl (C=O) groups excluding carboxylic acids is 1. The zero-order valence-electron chi connectivity index (χ0n) is 14.3. The van der Waals surface area contributed by atoms with E-state index in [1.807, 2.05) is 12.1 Å². The first-order valence-corrected chi connectivity index (χ1v) is 8.76. The van der Waals surface area contributed by atoms with Crippen molar-refractivity contribution in [3.05, 3.63) is 29.8 Å². The molecule has 128 valence electrons. The van der Waals surface area contributed by atoms with Crippen LogP contribution in [0.3, 0.4) is 0 Å². The predicted octanol–water partition coefficient (Wildman–Crippen LogP) is 2.78. The number of carbonyl (C=O) groups is 1. The molecule has 0 bridgehead atoms. The third-order valence-electron chi connectivity index (χ3n) is 5.26. The monoisotopic (exact) mass is 327 g/mol. The molecule has 1 amide bonds. The zero-order valence-corrected chi connectivity index (χ0v) is 14.3. The largest absolute Gasteiger partial charge is 0.497 e. The molecule has 1 saturated heterocycles. The molecule has 3 rings (SSSR count). The van der Waals surface area contributed by atoms with Gasteiger partial charge in [-0.05, 0) is 62.8 Å². The first-order chi connectivity index (χ1) is 11.7. The average Bonchev–Trinajstić information content (AvgIpc) is 3.25. The lowest BCUT2D eigenvalue weighted by Gasteiger charge is -2.27. The second-order valence-corrected chi connectivity index (χ2v) is 6.85. The first-order valence-electron chi connectivity index (χ1n) is 8.76. The van der Waals surface area contributed by atoms with Crippen LogP contribution in [0.2, 0.25) is 0 Å². The Balaban J connectivity index is 1.63. The van der Waals surface area contributed by atoms with Crippen molar-refractivity contribution in [2.45, 2.75) is 50.1 Å². The zero-order chi connectivity index (χ0) is 17.0. The van der Waals surface area contributed by atoms with E-state index in [2.05, 4.69) is 28.4 Å². The molecule has 1 heterocycles. The average molecular weight is 327 g/mol. The van der Waals surface area contributed by atoms with Gasteiger partial charge >= 0.3 is 0 Å². The van der Waals surface area contributed by atoms with Crippen LogP contribution in [0.15, 0.2) is 24.3 Å².